The molecule has 2 aromatic carbocycles. The van der Waals surface area contributed by atoms with Crippen LogP contribution in [-0.2, 0) is 11.3 Å². The average molecular weight is 411 g/mol. The van der Waals surface area contributed by atoms with E-state index in [1.54, 1.807) is 7.11 Å². The maximum atomic E-state index is 12.6. The number of aromatic nitrogens is 3. The van der Waals surface area contributed by atoms with Crippen LogP contribution in [0.2, 0.25) is 0 Å². The van der Waals surface area contributed by atoms with E-state index < -0.39 is 0 Å². The van der Waals surface area contributed by atoms with E-state index in [4.69, 9.17) is 4.74 Å². The number of hydrogen-bond donors (Lipinski definition) is 1. The lowest BCUT2D eigenvalue weighted by Crippen LogP contribution is -2.30. The summed E-state index contributed by atoms with van der Waals surface area (Å²) in [5, 5.41) is 7.88. The van der Waals surface area contributed by atoms with Gasteiger partial charge in [-0.1, -0.05) is 62.0 Å². The summed E-state index contributed by atoms with van der Waals surface area (Å²) in [6.45, 7) is 6.44. The number of nitrogens with one attached hydrogen (secondary N) is 1. The molecule has 0 spiro atoms. The first-order valence-corrected chi connectivity index (χ1v) is 10.5. The molecule has 152 valence electrons. The van der Waals surface area contributed by atoms with Gasteiger partial charge in [-0.25, -0.2) is 9.67 Å². The summed E-state index contributed by atoms with van der Waals surface area (Å²) in [5.41, 5.74) is 1.90. The summed E-state index contributed by atoms with van der Waals surface area (Å²) in [4.78, 5) is 17.2. The van der Waals surface area contributed by atoms with Gasteiger partial charge < -0.3 is 10.1 Å². The van der Waals surface area contributed by atoms with Crippen LogP contribution >= 0.6 is 11.8 Å². The molecule has 1 N–H and O–H groups in total. The summed E-state index contributed by atoms with van der Waals surface area (Å²) in [7, 11) is 1.63. The summed E-state index contributed by atoms with van der Waals surface area (Å²) in [5.74, 6) is 1.79. The maximum absolute atomic E-state index is 12.6. The number of carbonyl (C=O) groups is 1. The minimum absolute atomic E-state index is 0.0666. The third-order valence-electron chi connectivity index (χ3n) is 4.43. The first-order valence-electron chi connectivity index (χ1n) is 9.58. The average Bonchev–Trinajstić information content (AvgIpc) is 3.17. The fourth-order valence-corrected chi connectivity index (χ4v) is 3.66. The van der Waals surface area contributed by atoms with E-state index in [-0.39, 0.29) is 17.1 Å². The Kier molecular flexibility index (Phi) is 6.93. The second kappa shape index (κ2) is 9.60. The number of hydrogen-bond acceptors (Lipinski definition) is 5. The van der Waals surface area contributed by atoms with Crippen LogP contribution in [-0.4, -0.2) is 33.0 Å². The molecule has 0 aliphatic carbocycles. The minimum Gasteiger partial charge on any atom is -0.496 e. The van der Waals surface area contributed by atoms with Gasteiger partial charge in [0, 0.05) is 18.0 Å². The Morgan fingerprint density at radius 3 is 2.48 bits per heavy atom. The number of benzene rings is 2. The van der Waals surface area contributed by atoms with Crippen LogP contribution in [0.4, 0.5) is 0 Å². The van der Waals surface area contributed by atoms with Gasteiger partial charge in [-0.3, -0.25) is 4.79 Å². The molecular weight excluding hydrogens is 384 g/mol. The second-order valence-corrected chi connectivity index (χ2v) is 8.25. The molecule has 1 aromatic heterocycles. The highest BCUT2D eigenvalue weighted by molar-refractivity contribution is 8.00. The van der Waals surface area contributed by atoms with Crippen molar-refractivity contribution in [3.05, 3.63) is 66.0 Å². The molecule has 0 radical (unpaired) electrons. The summed E-state index contributed by atoms with van der Waals surface area (Å²) >= 11 is 1.36. The molecule has 3 aromatic rings. The number of methoxy groups -OCH3 is 1. The molecule has 0 aliphatic heterocycles. The van der Waals surface area contributed by atoms with Crippen LogP contribution in [0.3, 0.4) is 0 Å². The zero-order valence-electron chi connectivity index (χ0n) is 17.1. The van der Waals surface area contributed by atoms with Crippen molar-refractivity contribution in [1.29, 1.82) is 0 Å². The molecule has 7 heteroatoms. The lowest BCUT2D eigenvalue weighted by Gasteiger charge is -2.12. The lowest BCUT2D eigenvalue weighted by molar-refractivity contribution is -0.120. The molecule has 1 atom stereocenters. The zero-order valence-corrected chi connectivity index (χ0v) is 17.9. The van der Waals surface area contributed by atoms with Gasteiger partial charge in [-0.05, 0) is 25.1 Å². The molecule has 0 fully saturated rings. The van der Waals surface area contributed by atoms with Gasteiger partial charge in [0.05, 0.1) is 18.0 Å². The predicted octanol–water partition coefficient (Wildman–Crippen LogP) is 4.20. The molecular formula is C22H26N4O2S. The van der Waals surface area contributed by atoms with E-state index in [2.05, 4.69) is 29.2 Å². The number of rotatable bonds is 8. The van der Waals surface area contributed by atoms with Gasteiger partial charge in [0.25, 0.3) is 0 Å². The Labute approximate surface area is 175 Å². The minimum atomic E-state index is -0.323. The van der Waals surface area contributed by atoms with Crippen molar-refractivity contribution < 1.29 is 9.53 Å². The molecule has 6 nitrogen and oxygen atoms in total. The van der Waals surface area contributed by atoms with Gasteiger partial charge in [0.15, 0.2) is 0 Å². The van der Waals surface area contributed by atoms with Gasteiger partial charge in [-0.2, -0.15) is 0 Å². The van der Waals surface area contributed by atoms with Crippen molar-refractivity contribution in [3.8, 4) is 11.4 Å². The van der Waals surface area contributed by atoms with Crippen LogP contribution in [0.1, 0.15) is 38.1 Å². The van der Waals surface area contributed by atoms with Crippen LogP contribution in [0.5, 0.6) is 5.75 Å². The molecule has 29 heavy (non-hydrogen) atoms. The van der Waals surface area contributed by atoms with Crippen LogP contribution in [0.15, 0.2) is 59.8 Å². The molecule has 0 bridgehead atoms. The smallest absolute Gasteiger partial charge is 0.233 e. The van der Waals surface area contributed by atoms with Gasteiger partial charge in [-0.15, -0.1) is 5.10 Å². The Morgan fingerprint density at radius 1 is 1.10 bits per heavy atom. The largest absolute Gasteiger partial charge is 0.496 e. The Bertz CT molecular complexity index is 956. The van der Waals surface area contributed by atoms with E-state index in [1.165, 1.54) is 11.8 Å². The van der Waals surface area contributed by atoms with Gasteiger partial charge >= 0.3 is 0 Å². The first-order chi connectivity index (χ1) is 14.0. The topological polar surface area (TPSA) is 69.0 Å². The third kappa shape index (κ3) is 5.17. The number of carbonyl (C=O) groups excluding carboxylic acids is 1. The van der Waals surface area contributed by atoms with E-state index in [1.807, 2.05) is 66.2 Å². The fraction of sp³-hybridized carbons (Fsp3) is 0.318. The molecule has 1 heterocycles. The van der Waals surface area contributed by atoms with Gasteiger partial charge in [0.1, 0.15) is 11.6 Å². The number of nitrogens with zero attached hydrogens (tertiary/aromatic N) is 3. The zero-order chi connectivity index (χ0) is 20.8. The molecule has 0 aliphatic rings. The molecule has 0 unspecified atom stereocenters. The van der Waals surface area contributed by atoms with Crippen molar-refractivity contribution in [3.63, 3.8) is 0 Å². The predicted molar refractivity (Wildman–Crippen MR) is 116 cm³/mol. The Balaban J connectivity index is 1.68. The van der Waals surface area contributed by atoms with Crippen LogP contribution in [0, 0.1) is 0 Å². The Morgan fingerprint density at radius 2 is 1.79 bits per heavy atom. The molecule has 0 saturated heterocycles. The highest BCUT2D eigenvalue weighted by atomic mass is 32.2. The van der Waals surface area contributed by atoms with Gasteiger partial charge in [0.2, 0.25) is 11.1 Å². The summed E-state index contributed by atoms with van der Waals surface area (Å²) < 4.78 is 7.19. The quantitative estimate of drug-likeness (QED) is 0.564. The van der Waals surface area contributed by atoms with Crippen LogP contribution in [0.25, 0.3) is 5.69 Å². The van der Waals surface area contributed by atoms with Crippen molar-refractivity contribution >= 4 is 17.7 Å². The maximum Gasteiger partial charge on any atom is 0.233 e. The third-order valence-corrected chi connectivity index (χ3v) is 5.38. The first kappa shape index (κ1) is 20.9. The monoisotopic (exact) mass is 410 g/mol. The number of amides is 1. The van der Waals surface area contributed by atoms with E-state index in [0.717, 1.165) is 22.8 Å². The fourth-order valence-electron chi connectivity index (χ4n) is 2.87. The van der Waals surface area contributed by atoms with E-state index >= 15 is 0 Å². The summed E-state index contributed by atoms with van der Waals surface area (Å²) in [6.07, 6.45) is 0. The molecule has 3 rings (SSSR count). The Hall–Kier alpha value is -2.80. The summed E-state index contributed by atoms with van der Waals surface area (Å²) in [6, 6.07) is 17.6. The van der Waals surface area contributed by atoms with Crippen molar-refractivity contribution in [2.75, 3.05) is 7.11 Å². The molecule has 0 saturated carbocycles. The number of para-hydroxylation sites is 2. The standard InChI is InChI=1S/C22H26N4O2S/c1-15(2)20-24-22(25-26(20)18-11-6-5-7-12-18)29-16(3)21(27)23-14-17-10-8-9-13-19(17)28-4/h5-13,15-16H,14H2,1-4H3,(H,23,27)/t16-/m1/s1. The van der Waals surface area contributed by atoms with Crippen molar-refractivity contribution in [1.82, 2.24) is 20.1 Å². The second-order valence-electron chi connectivity index (χ2n) is 6.94. The van der Waals surface area contributed by atoms with E-state index in [9.17, 15) is 4.79 Å². The normalized spacial score (nSPS) is 12.0. The lowest BCUT2D eigenvalue weighted by atomic mass is 10.2. The van der Waals surface area contributed by atoms with Crippen molar-refractivity contribution in [2.24, 2.45) is 0 Å². The molecule has 1 amide bonds. The highest BCUT2D eigenvalue weighted by Gasteiger charge is 2.20. The number of thioether (sulfide) groups is 1. The van der Waals surface area contributed by atoms with Crippen molar-refractivity contribution in [2.45, 2.75) is 43.6 Å². The highest BCUT2D eigenvalue weighted by Crippen LogP contribution is 2.25. The number of ether oxygens (including phenoxy) is 1. The SMILES string of the molecule is COc1ccccc1CNC(=O)[C@@H](C)Sc1nc(C(C)C)n(-c2ccccc2)n1. The van der Waals surface area contributed by atoms with E-state index in [0.29, 0.717) is 11.7 Å². The van der Waals surface area contributed by atoms with Crippen LogP contribution < -0.4 is 10.1 Å².